The molecule has 0 unspecified atom stereocenters. The number of carbonyl (C=O) groups excluding carboxylic acids is 3. The highest BCUT2D eigenvalue weighted by Gasteiger charge is 2.50. The van der Waals surface area contributed by atoms with E-state index in [0.717, 1.165) is 11.1 Å². The molecule has 0 radical (unpaired) electrons. The maximum Gasteiger partial charge on any atom is 0.351 e. The Morgan fingerprint density at radius 1 is 0.884 bits per heavy atom. The normalized spacial score (nSPS) is 19.4. The molecule has 5 rings (SSSR count). The molecular weight excluding hydrogens is 550 g/mol. The van der Waals surface area contributed by atoms with Crippen molar-refractivity contribution in [2.75, 3.05) is 11.9 Å². The number of aryl methyl sites for hydroxylation is 2. The van der Waals surface area contributed by atoms with Crippen molar-refractivity contribution in [3.05, 3.63) is 129 Å². The maximum atomic E-state index is 13.1. The lowest BCUT2D eigenvalue weighted by Gasteiger charge is -2.29. The van der Waals surface area contributed by atoms with Gasteiger partial charge in [0.05, 0.1) is 11.1 Å². The van der Waals surface area contributed by atoms with Crippen molar-refractivity contribution in [2.24, 2.45) is 0 Å². The summed E-state index contributed by atoms with van der Waals surface area (Å²) in [5.74, 6) is -1.47. The number of amides is 1. The Balaban J connectivity index is 1.35. The molecule has 1 amide bonds. The van der Waals surface area contributed by atoms with Gasteiger partial charge in [-0.3, -0.25) is 9.36 Å². The zero-order valence-corrected chi connectivity index (χ0v) is 24.0. The van der Waals surface area contributed by atoms with E-state index in [2.05, 4.69) is 10.3 Å². The van der Waals surface area contributed by atoms with E-state index in [1.807, 2.05) is 13.8 Å². The quantitative estimate of drug-likeness (QED) is 0.292. The predicted molar refractivity (Wildman–Crippen MR) is 158 cm³/mol. The number of ether oxygens (including phenoxy) is 3. The lowest BCUT2D eigenvalue weighted by Crippen LogP contribution is -2.44. The number of nitrogens with zero attached hydrogens (tertiary/aromatic N) is 2. The zero-order valence-electron chi connectivity index (χ0n) is 24.0. The molecule has 1 aliphatic heterocycles. The van der Waals surface area contributed by atoms with E-state index in [9.17, 15) is 19.2 Å². The fourth-order valence-corrected chi connectivity index (χ4v) is 4.69. The first-order valence-electron chi connectivity index (χ1n) is 13.8. The van der Waals surface area contributed by atoms with Crippen LogP contribution in [0.25, 0.3) is 0 Å². The van der Waals surface area contributed by atoms with Gasteiger partial charge in [0.15, 0.2) is 0 Å². The van der Waals surface area contributed by atoms with Crippen molar-refractivity contribution in [1.82, 2.24) is 9.55 Å². The standard InChI is InChI=1S/C33H31N3O7/c1-21-9-13-24(14-10-21)30(38)41-20-33(3)26(42-31(39)25-15-11-22(2)12-16-25)19-28(43-33)36-18-17-27(35-32(36)40)34-29(37)23-7-5-4-6-8-23/h4-18,26,28H,19-20H2,1-3H3,(H,34,35,37,40)/t26-,28+,33+/m0/s1. The van der Waals surface area contributed by atoms with Crippen LogP contribution in [0.3, 0.4) is 0 Å². The lowest BCUT2D eigenvalue weighted by molar-refractivity contribution is -0.122. The number of aromatic nitrogens is 2. The van der Waals surface area contributed by atoms with Crippen LogP contribution in [0.4, 0.5) is 5.82 Å². The van der Waals surface area contributed by atoms with Gasteiger partial charge in [0.2, 0.25) is 0 Å². The summed E-state index contributed by atoms with van der Waals surface area (Å²) in [5, 5.41) is 2.61. The van der Waals surface area contributed by atoms with Crippen molar-refractivity contribution < 1.29 is 28.6 Å². The van der Waals surface area contributed by atoms with E-state index < -0.39 is 41.5 Å². The first kappa shape index (κ1) is 29.4. The fraction of sp³-hybridized carbons (Fsp3) is 0.242. The van der Waals surface area contributed by atoms with Gasteiger partial charge in [-0.2, -0.15) is 4.98 Å². The van der Waals surface area contributed by atoms with Crippen LogP contribution in [-0.4, -0.2) is 45.7 Å². The van der Waals surface area contributed by atoms with E-state index in [1.165, 1.54) is 16.8 Å². The molecule has 1 aromatic heterocycles. The zero-order chi connectivity index (χ0) is 30.6. The van der Waals surface area contributed by atoms with Crippen molar-refractivity contribution in [1.29, 1.82) is 0 Å². The molecule has 1 aliphatic rings. The topological polar surface area (TPSA) is 126 Å². The van der Waals surface area contributed by atoms with E-state index in [0.29, 0.717) is 16.7 Å². The molecule has 43 heavy (non-hydrogen) atoms. The van der Waals surface area contributed by atoms with Crippen LogP contribution in [0, 0.1) is 13.8 Å². The summed E-state index contributed by atoms with van der Waals surface area (Å²) in [4.78, 5) is 55.4. The average Bonchev–Trinajstić information content (AvgIpc) is 3.32. The van der Waals surface area contributed by atoms with Gasteiger partial charge >= 0.3 is 17.6 Å². The van der Waals surface area contributed by atoms with Crippen LogP contribution in [0.5, 0.6) is 0 Å². The number of carbonyl (C=O) groups is 3. The summed E-state index contributed by atoms with van der Waals surface area (Å²) in [6.45, 7) is 5.25. The minimum Gasteiger partial charge on any atom is -0.459 e. The SMILES string of the molecule is Cc1ccc(C(=O)OC[C@@]2(C)O[C@@H](n3ccc(NC(=O)c4ccccc4)nc3=O)C[C@@H]2OC(=O)c2ccc(C)cc2)cc1. The first-order chi connectivity index (χ1) is 20.6. The maximum absolute atomic E-state index is 13.1. The Bertz CT molecular complexity index is 1680. The summed E-state index contributed by atoms with van der Waals surface area (Å²) >= 11 is 0. The highest BCUT2D eigenvalue weighted by molar-refractivity contribution is 6.03. The molecule has 3 atom stereocenters. The van der Waals surface area contributed by atoms with Crippen molar-refractivity contribution >= 4 is 23.7 Å². The molecule has 220 valence electrons. The molecule has 10 heteroatoms. The average molecular weight is 582 g/mol. The number of nitrogens with one attached hydrogen (secondary N) is 1. The molecule has 1 saturated heterocycles. The number of rotatable bonds is 8. The van der Waals surface area contributed by atoms with Crippen LogP contribution in [0.2, 0.25) is 0 Å². The number of hydrogen-bond donors (Lipinski definition) is 1. The summed E-state index contributed by atoms with van der Waals surface area (Å²) in [6, 6.07) is 23.9. The van der Waals surface area contributed by atoms with E-state index in [1.54, 1.807) is 85.8 Å². The molecule has 0 spiro atoms. The van der Waals surface area contributed by atoms with Gasteiger partial charge in [0.1, 0.15) is 30.4 Å². The smallest absolute Gasteiger partial charge is 0.351 e. The third-order valence-corrected chi connectivity index (χ3v) is 7.23. The number of hydrogen-bond acceptors (Lipinski definition) is 8. The number of esters is 2. The van der Waals surface area contributed by atoms with Gasteiger partial charge in [-0.15, -0.1) is 0 Å². The largest absolute Gasteiger partial charge is 0.459 e. The van der Waals surface area contributed by atoms with Gasteiger partial charge in [-0.1, -0.05) is 53.6 Å². The van der Waals surface area contributed by atoms with E-state index in [4.69, 9.17) is 14.2 Å². The van der Waals surface area contributed by atoms with E-state index >= 15 is 0 Å². The molecule has 3 aromatic carbocycles. The van der Waals surface area contributed by atoms with Gasteiger partial charge in [-0.25, -0.2) is 14.4 Å². The summed E-state index contributed by atoms with van der Waals surface area (Å²) in [5.41, 5.74) is 1.16. The third kappa shape index (κ3) is 6.87. The molecule has 0 aliphatic carbocycles. The number of benzene rings is 3. The Morgan fingerprint density at radius 2 is 1.49 bits per heavy atom. The second kappa shape index (κ2) is 12.4. The van der Waals surface area contributed by atoms with Crippen LogP contribution < -0.4 is 11.0 Å². The molecule has 0 saturated carbocycles. The van der Waals surface area contributed by atoms with Crippen LogP contribution in [0.15, 0.2) is 95.9 Å². The van der Waals surface area contributed by atoms with Crippen molar-refractivity contribution in [3.63, 3.8) is 0 Å². The minimum atomic E-state index is -1.29. The first-order valence-corrected chi connectivity index (χ1v) is 13.8. The molecule has 2 heterocycles. The fourth-order valence-electron chi connectivity index (χ4n) is 4.69. The number of anilines is 1. The van der Waals surface area contributed by atoms with Crippen molar-refractivity contribution in [3.8, 4) is 0 Å². The molecule has 1 N–H and O–H groups in total. The Kier molecular flexibility index (Phi) is 8.49. The lowest BCUT2D eigenvalue weighted by atomic mass is 9.99. The molecular formula is C33H31N3O7. The summed E-state index contributed by atoms with van der Waals surface area (Å²) in [6.07, 6.45) is -0.226. The highest BCUT2D eigenvalue weighted by Crippen LogP contribution is 2.39. The molecule has 0 bridgehead atoms. The van der Waals surface area contributed by atoms with Crippen molar-refractivity contribution in [2.45, 2.75) is 45.1 Å². The Labute approximate surface area is 248 Å². The monoisotopic (exact) mass is 581 g/mol. The molecule has 1 fully saturated rings. The van der Waals surface area contributed by atoms with Gasteiger partial charge in [-0.05, 0) is 63.2 Å². The molecule has 4 aromatic rings. The Morgan fingerprint density at radius 3 is 2.09 bits per heavy atom. The van der Waals surface area contributed by atoms with E-state index in [-0.39, 0.29) is 18.8 Å². The molecule has 10 nitrogen and oxygen atoms in total. The predicted octanol–water partition coefficient (Wildman–Crippen LogP) is 4.87. The van der Waals surface area contributed by atoms with Crippen LogP contribution >= 0.6 is 0 Å². The van der Waals surface area contributed by atoms with Crippen LogP contribution in [0.1, 0.15) is 61.8 Å². The van der Waals surface area contributed by atoms with Gasteiger partial charge < -0.3 is 19.5 Å². The Hall–Kier alpha value is -5.09. The van der Waals surface area contributed by atoms with Gasteiger partial charge in [0.25, 0.3) is 5.91 Å². The minimum absolute atomic E-state index is 0.0743. The third-order valence-electron chi connectivity index (χ3n) is 7.23. The summed E-state index contributed by atoms with van der Waals surface area (Å²) < 4.78 is 19.0. The second-order valence-corrected chi connectivity index (χ2v) is 10.6. The summed E-state index contributed by atoms with van der Waals surface area (Å²) in [7, 11) is 0. The second-order valence-electron chi connectivity index (χ2n) is 10.6. The van der Waals surface area contributed by atoms with Crippen LogP contribution in [-0.2, 0) is 14.2 Å². The highest BCUT2D eigenvalue weighted by atomic mass is 16.6. The van der Waals surface area contributed by atoms with Gasteiger partial charge in [0, 0.05) is 18.2 Å².